The van der Waals surface area contributed by atoms with Crippen LogP contribution in [0.1, 0.15) is 43.8 Å². The lowest BCUT2D eigenvalue weighted by atomic mass is 9.91. The summed E-state index contributed by atoms with van der Waals surface area (Å²) in [5.41, 5.74) is 2.24. The minimum absolute atomic E-state index is 0.360. The largest absolute Gasteiger partial charge is 0.494 e. The Bertz CT molecular complexity index is 1370. The number of methoxy groups -OCH3 is 1. The smallest absolute Gasteiger partial charge is 0.417 e. The molecule has 2 aromatic rings. The first-order chi connectivity index (χ1) is 19.0. The van der Waals surface area contributed by atoms with Crippen molar-refractivity contribution >= 4 is 17.0 Å². The number of amides is 1. The number of ether oxygens (including phenoxy) is 4. The monoisotopic (exact) mass is 531 g/mol. The summed E-state index contributed by atoms with van der Waals surface area (Å²) in [6.07, 6.45) is 13.9. The fourth-order valence-corrected chi connectivity index (χ4v) is 5.74. The third-order valence-electron chi connectivity index (χ3n) is 7.89. The van der Waals surface area contributed by atoms with E-state index < -0.39 is 17.8 Å². The number of likely N-dealkylation sites (tertiary alicyclic amines) is 1. The number of rotatable bonds is 7. The summed E-state index contributed by atoms with van der Waals surface area (Å²) in [6.45, 7) is 2.29. The normalized spacial score (nSPS) is 21.5. The maximum atomic E-state index is 12.9. The molecule has 3 aliphatic heterocycles. The second-order valence-electron chi connectivity index (χ2n) is 10.5. The number of carbonyl (C=O) groups is 1. The summed E-state index contributed by atoms with van der Waals surface area (Å²) in [5.74, 6) is 1.72. The fraction of sp³-hybridized carbons (Fsp3) is 0.400. The van der Waals surface area contributed by atoms with E-state index in [0.717, 1.165) is 29.3 Å². The van der Waals surface area contributed by atoms with Gasteiger partial charge >= 0.3 is 6.09 Å². The molecule has 1 aliphatic carbocycles. The van der Waals surface area contributed by atoms with Gasteiger partial charge in [0.15, 0.2) is 6.26 Å². The topological polar surface area (TPSA) is 93.6 Å². The van der Waals surface area contributed by atoms with Crippen LogP contribution in [0.25, 0.3) is 10.9 Å². The van der Waals surface area contributed by atoms with Crippen LogP contribution < -0.4 is 4.74 Å². The van der Waals surface area contributed by atoms with Gasteiger partial charge in [0, 0.05) is 50.5 Å². The Morgan fingerprint density at radius 1 is 1.21 bits per heavy atom. The first kappa shape index (κ1) is 25.5. The van der Waals surface area contributed by atoms with E-state index >= 15 is 0 Å². The number of aliphatic hydroxyl groups excluding tert-OH is 1. The molecular weight excluding hydrogens is 498 g/mol. The van der Waals surface area contributed by atoms with Gasteiger partial charge in [0.05, 0.1) is 19.8 Å². The number of para-hydroxylation sites is 1. The number of β-amino-alcohol motifs (C(OH)–C–C–N with tert-alkyl or cyclic N) is 1. The first-order valence-corrected chi connectivity index (χ1v) is 13.4. The first-order valence-electron chi connectivity index (χ1n) is 13.4. The molecule has 1 atom stereocenters. The zero-order chi connectivity index (χ0) is 26.8. The molecule has 0 saturated carbocycles. The van der Waals surface area contributed by atoms with Crippen LogP contribution in [0.15, 0.2) is 78.4 Å². The van der Waals surface area contributed by atoms with E-state index in [1.807, 2.05) is 24.3 Å². The molecule has 1 aromatic heterocycles. The molecular formula is C30H33N3O6. The van der Waals surface area contributed by atoms with Crippen molar-refractivity contribution in [1.29, 1.82) is 0 Å². The van der Waals surface area contributed by atoms with Crippen LogP contribution in [-0.2, 0) is 14.2 Å². The number of pyridine rings is 1. The van der Waals surface area contributed by atoms with Gasteiger partial charge in [-0.05, 0) is 30.5 Å². The number of aromatic nitrogens is 1. The van der Waals surface area contributed by atoms with Gasteiger partial charge in [0.2, 0.25) is 5.88 Å². The fourth-order valence-electron chi connectivity index (χ4n) is 5.74. The second-order valence-corrected chi connectivity index (χ2v) is 10.5. The second kappa shape index (κ2) is 10.7. The minimum Gasteiger partial charge on any atom is -0.494 e. The molecule has 4 heterocycles. The van der Waals surface area contributed by atoms with Crippen molar-refractivity contribution in [2.75, 3.05) is 33.3 Å². The summed E-state index contributed by atoms with van der Waals surface area (Å²) in [4.78, 5) is 21.1. The van der Waals surface area contributed by atoms with E-state index in [-0.39, 0.29) is 0 Å². The summed E-state index contributed by atoms with van der Waals surface area (Å²) in [7, 11) is 1.62. The molecule has 9 heteroatoms. The van der Waals surface area contributed by atoms with Crippen LogP contribution in [0.4, 0.5) is 4.79 Å². The zero-order valence-electron chi connectivity index (χ0n) is 22.0. The van der Waals surface area contributed by atoms with Crippen LogP contribution in [0.5, 0.6) is 5.75 Å². The molecule has 1 unspecified atom stereocenters. The third kappa shape index (κ3) is 5.24. The van der Waals surface area contributed by atoms with E-state index in [4.69, 9.17) is 18.9 Å². The van der Waals surface area contributed by atoms with Crippen molar-refractivity contribution in [2.24, 2.45) is 0 Å². The summed E-state index contributed by atoms with van der Waals surface area (Å²) in [5, 5.41) is 12.0. The molecule has 1 spiro atoms. The third-order valence-corrected chi connectivity index (χ3v) is 7.89. The lowest BCUT2D eigenvalue weighted by molar-refractivity contribution is -0.0101. The number of nitrogens with zero attached hydrogens (tertiary/aromatic N) is 3. The molecule has 2 saturated heterocycles. The number of benzene rings is 1. The zero-order valence-corrected chi connectivity index (χ0v) is 22.0. The maximum Gasteiger partial charge on any atom is 0.417 e. The average molecular weight is 532 g/mol. The Hall–Kier alpha value is -3.82. The van der Waals surface area contributed by atoms with Crippen LogP contribution in [-0.4, -0.2) is 64.9 Å². The molecule has 1 amide bonds. The van der Waals surface area contributed by atoms with E-state index in [0.29, 0.717) is 62.8 Å². The summed E-state index contributed by atoms with van der Waals surface area (Å²) in [6, 6.07) is 7.59. The number of carbonyl (C=O) groups excluding carboxylic acids is 1. The maximum absolute atomic E-state index is 12.9. The van der Waals surface area contributed by atoms with Gasteiger partial charge in [-0.2, -0.15) is 0 Å². The van der Waals surface area contributed by atoms with Gasteiger partial charge in [-0.3, -0.25) is 4.98 Å². The molecule has 0 radical (unpaired) electrons. The Morgan fingerprint density at radius 2 is 2.08 bits per heavy atom. The van der Waals surface area contributed by atoms with Crippen molar-refractivity contribution in [2.45, 2.75) is 43.8 Å². The highest BCUT2D eigenvalue weighted by molar-refractivity contribution is 5.87. The molecule has 4 aliphatic rings. The summed E-state index contributed by atoms with van der Waals surface area (Å²) < 4.78 is 22.9. The van der Waals surface area contributed by atoms with Crippen LogP contribution >= 0.6 is 0 Å². The Morgan fingerprint density at radius 3 is 2.87 bits per heavy atom. The van der Waals surface area contributed by atoms with E-state index in [1.54, 1.807) is 19.6 Å². The standard InChI is InChI=1S/C30H33N3O6/c1-36-26-9-5-8-24-23(10-13-31-28(24)26)25(34)17-32-14-11-30(12-15-32)20-33(29(35)39-30)27-19-37-18-22(38-27)16-21-6-3-2-4-7-21/h2-3,5-6,8-10,13,18-19,25,34H,4,7,11-12,14-17,20H2,1H3. The van der Waals surface area contributed by atoms with E-state index in [2.05, 4.69) is 28.1 Å². The Kier molecular flexibility index (Phi) is 7.01. The predicted octanol–water partition coefficient (Wildman–Crippen LogP) is 4.92. The highest BCUT2D eigenvalue weighted by Crippen LogP contribution is 2.37. The molecule has 1 N–H and O–H groups in total. The number of piperidine rings is 1. The average Bonchev–Trinajstić information content (AvgIpc) is 3.29. The molecule has 2 fully saturated rings. The highest BCUT2D eigenvalue weighted by atomic mass is 16.6. The lowest BCUT2D eigenvalue weighted by Gasteiger charge is -2.38. The summed E-state index contributed by atoms with van der Waals surface area (Å²) >= 11 is 0. The van der Waals surface area contributed by atoms with E-state index in [9.17, 15) is 9.90 Å². The number of fused-ring (bicyclic) bond motifs is 1. The molecule has 1 aromatic carbocycles. The number of allylic oxidation sites excluding steroid dienone is 4. The van der Waals surface area contributed by atoms with Crippen LogP contribution in [0, 0.1) is 0 Å². The van der Waals surface area contributed by atoms with Gasteiger partial charge in [0.1, 0.15) is 28.9 Å². The SMILES string of the molecule is COc1cccc2c(C(O)CN3CCC4(CC3)CN(C3=COC=C(CC5=CC=CCC5)O3)C(=O)O4)ccnc12. The number of aliphatic hydroxyl groups is 1. The number of hydrogen-bond acceptors (Lipinski definition) is 8. The minimum atomic E-state index is -0.683. The lowest BCUT2D eigenvalue weighted by Crippen LogP contribution is -2.47. The van der Waals surface area contributed by atoms with Gasteiger partial charge in [-0.1, -0.05) is 35.9 Å². The van der Waals surface area contributed by atoms with Gasteiger partial charge in [-0.25, -0.2) is 9.69 Å². The number of hydrogen-bond donors (Lipinski definition) is 1. The van der Waals surface area contributed by atoms with Crippen molar-refractivity contribution < 1.29 is 28.8 Å². The van der Waals surface area contributed by atoms with Crippen molar-refractivity contribution in [3.05, 3.63) is 84.0 Å². The predicted molar refractivity (Wildman–Crippen MR) is 144 cm³/mol. The van der Waals surface area contributed by atoms with Crippen LogP contribution in [0.2, 0.25) is 0 Å². The quantitative estimate of drug-likeness (QED) is 0.538. The molecule has 204 valence electrons. The van der Waals surface area contributed by atoms with Crippen molar-refractivity contribution in [3.63, 3.8) is 0 Å². The van der Waals surface area contributed by atoms with Gasteiger partial charge < -0.3 is 29.0 Å². The van der Waals surface area contributed by atoms with Gasteiger partial charge in [0.25, 0.3) is 0 Å². The van der Waals surface area contributed by atoms with Gasteiger partial charge in [-0.15, -0.1) is 0 Å². The molecule has 6 rings (SSSR count). The molecule has 39 heavy (non-hydrogen) atoms. The Labute approximate surface area is 227 Å². The molecule has 9 nitrogen and oxygen atoms in total. The van der Waals surface area contributed by atoms with Crippen LogP contribution in [0.3, 0.4) is 0 Å². The highest BCUT2D eigenvalue weighted by Gasteiger charge is 2.49. The Balaban J connectivity index is 1.06. The molecule has 0 bridgehead atoms. The van der Waals surface area contributed by atoms with Crippen molar-refractivity contribution in [3.8, 4) is 5.75 Å². The van der Waals surface area contributed by atoms with E-state index in [1.165, 1.54) is 16.7 Å². The van der Waals surface area contributed by atoms with Crippen molar-refractivity contribution in [1.82, 2.24) is 14.8 Å².